The number of halogens is 1. The van der Waals surface area contributed by atoms with E-state index in [4.69, 9.17) is 0 Å². The number of rotatable bonds is 8. The normalized spacial score (nSPS) is 15.0. The number of para-hydroxylation sites is 1. The first-order valence-corrected chi connectivity index (χ1v) is 12.6. The number of carbonyl (C=O) groups is 1. The van der Waals surface area contributed by atoms with Gasteiger partial charge in [-0.1, -0.05) is 36.4 Å². The minimum atomic E-state index is -0.637. The molecule has 6 heteroatoms. The fourth-order valence-electron chi connectivity index (χ4n) is 4.74. The average Bonchev–Trinajstić information content (AvgIpc) is 3.30. The number of carbonyl (C=O) groups excluding carboxylic acids is 1. The monoisotopic (exact) mass is 482 g/mol. The Bertz CT molecular complexity index is 1320. The molecule has 1 saturated heterocycles. The number of alkyl halides is 1. The topological polar surface area (TPSA) is 50.2 Å². The summed E-state index contributed by atoms with van der Waals surface area (Å²) in [6.45, 7) is 3.09. The zero-order valence-electron chi connectivity index (χ0n) is 20.3. The number of pyridine rings is 1. The van der Waals surface area contributed by atoms with E-state index in [0.717, 1.165) is 42.9 Å². The summed E-state index contributed by atoms with van der Waals surface area (Å²) in [5, 5.41) is 4.13. The lowest BCUT2D eigenvalue weighted by atomic mass is 10.1. The van der Waals surface area contributed by atoms with Crippen LogP contribution in [-0.2, 0) is 17.8 Å². The molecule has 0 unspecified atom stereocenters. The average molecular weight is 483 g/mol. The van der Waals surface area contributed by atoms with Crippen molar-refractivity contribution in [2.75, 3.05) is 19.6 Å². The molecular weight excluding hydrogens is 451 g/mol. The van der Waals surface area contributed by atoms with Gasteiger partial charge in [0, 0.05) is 61.9 Å². The van der Waals surface area contributed by atoms with Crippen molar-refractivity contribution in [2.45, 2.75) is 32.0 Å². The molecule has 0 radical (unpaired) electrons. The fraction of sp³-hybridized carbons (Fsp3) is 0.267. The van der Waals surface area contributed by atoms with Crippen LogP contribution in [-0.4, -0.2) is 46.2 Å². The first-order valence-electron chi connectivity index (χ1n) is 12.6. The molecule has 1 aliphatic heterocycles. The van der Waals surface area contributed by atoms with E-state index in [-0.39, 0.29) is 5.91 Å². The standard InChI is InChI=1S/C30H31FN4O/c31-26-14-18-34(19-15-26)17-13-25-22-35(29-6-2-1-5-28(25)29)27-10-7-23(8-11-27)9-12-30(36)33-21-24-4-3-16-32-20-24/h1-12,16,20,22,26H,13-15,17-19,21H2,(H,33,36). The van der Waals surface area contributed by atoms with Gasteiger partial charge in [0.1, 0.15) is 6.17 Å². The highest BCUT2D eigenvalue weighted by Gasteiger charge is 2.18. The molecule has 0 aliphatic carbocycles. The van der Waals surface area contributed by atoms with Crippen molar-refractivity contribution in [1.82, 2.24) is 19.8 Å². The Morgan fingerprint density at radius 3 is 2.64 bits per heavy atom. The molecule has 4 aromatic rings. The molecular formula is C30H31FN4O. The highest BCUT2D eigenvalue weighted by molar-refractivity contribution is 5.91. The largest absolute Gasteiger partial charge is 0.348 e. The molecule has 0 atom stereocenters. The second kappa shape index (κ2) is 11.3. The van der Waals surface area contributed by atoms with Crippen LogP contribution in [0.4, 0.5) is 4.39 Å². The Morgan fingerprint density at radius 2 is 1.86 bits per heavy atom. The van der Waals surface area contributed by atoms with Crippen LogP contribution in [0.5, 0.6) is 0 Å². The number of nitrogens with zero attached hydrogens (tertiary/aromatic N) is 3. The van der Waals surface area contributed by atoms with Gasteiger partial charge in [-0.15, -0.1) is 0 Å². The number of hydrogen-bond donors (Lipinski definition) is 1. The van der Waals surface area contributed by atoms with E-state index in [1.807, 2.05) is 30.3 Å². The minimum absolute atomic E-state index is 0.139. The van der Waals surface area contributed by atoms with Crippen molar-refractivity contribution in [2.24, 2.45) is 0 Å². The van der Waals surface area contributed by atoms with E-state index in [1.54, 1.807) is 18.5 Å². The van der Waals surface area contributed by atoms with Crippen LogP contribution < -0.4 is 5.32 Å². The van der Waals surface area contributed by atoms with Gasteiger partial charge in [-0.25, -0.2) is 4.39 Å². The van der Waals surface area contributed by atoms with Crippen molar-refractivity contribution in [1.29, 1.82) is 0 Å². The van der Waals surface area contributed by atoms with Crippen LogP contribution in [0.15, 0.2) is 85.3 Å². The third-order valence-electron chi connectivity index (χ3n) is 6.80. The number of aromatic nitrogens is 2. The van der Waals surface area contributed by atoms with Crippen LogP contribution in [0.2, 0.25) is 0 Å². The zero-order chi connectivity index (χ0) is 24.7. The van der Waals surface area contributed by atoms with Gasteiger partial charge in [-0.05, 0) is 66.3 Å². The molecule has 36 heavy (non-hydrogen) atoms. The summed E-state index contributed by atoms with van der Waals surface area (Å²) in [4.78, 5) is 18.6. The molecule has 1 fully saturated rings. The van der Waals surface area contributed by atoms with E-state index in [1.165, 1.54) is 16.5 Å². The van der Waals surface area contributed by atoms with Gasteiger partial charge < -0.3 is 14.8 Å². The molecule has 0 spiro atoms. The van der Waals surface area contributed by atoms with Crippen molar-refractivity contribution < 1.29 is 9.18 Å². The highest BCUT2D eigenvalue weighted by atomic mass is 19.1. The number of piperidine rings is 1. The van der Waals surface area contributed by atoms with Gasteiger partial charge in [-0.2, -0.15) is 0 Å². The first-order chi connectivity index (χ1) is 17.7. The molecule has 3 heterocycles. The summed E-state index contributed by atoms with van der Waals surface area (Å²) in [5.41, 5.74) is 5.48. The molecule has 5 nitrogen and oxygen atoms in total. The van der Waals surface area contributed by atoms with Gasteiger partial charge >= 0.3 is 0 Å². The van der Waals surface area contributed by atoms with Crippen molar-refractivity contribution >= 4 is 22.9 Å². The molecule has 184 valence electrons. The Balaban J connectivity index is 1.25. The van der Waals surface area contributed by atoms with E-state index >= 15 is 0 Å². The number of nitrogens with one attached hydrogen (secondary N) is 1. The van der Waals surface area contributed by atoms with Crippen LogP contribution in [0.1, 0.15) is 29.5 Å². The lowest BCUT2D eigenvalue weighted by Gasteiger charge is -2.28. The maximum atomic E-state index is 13.5. The first kappa shape index (κ1) is 23.9. The number of likely N-dealkylation sites (tertiary alicyclic amines) is 1. The lowest BCUT2D eigenvalue weighted by Crippen LogP contribution is -2.35. The third kappa shape index (κ3) is 5.89. The van der Waals surface area contributed by atoms with E-state index < -0.39 is 6.17 Å². The predicted octanol–water partition coefficient (Wildman–Crippen LogP) is 5.33. The SMILES string of the molecule is O=C(C=Cc1ccc(-n2cc(CCN3CCC(F)CC3)c3ccccc32)cc1)NCc1cccnc1. The highest BCUT2D eigenvalue weighted by Crippen LogP contribution is 2.26. The van der Waals surface area contributed by atoms with Crippen LogP contribution in [0.3, 0.4) is 0 Å². The molecule has 1 amide bonds. The quantitative estimate of drug-likeness (QED) is 0.345. The minimum Gasteiger partial charge on any atom is -0.348 e. The summed E-state index contributed by atoms with van der Waals surface area (Å²) in [6.07, 6.45) is 10.7. The van der Waals surface area contributed by atoms with Gasteiger partial charge in [-0.3, -0.25) is 9.78 Å². The van der Waals surface area contributed by atoms with Crippen LogP contribution >= 0.6 is 0 Å². The van der Waals surface area contributed by atoms with Gasteiger partial charge in [0.2, 0.25) is 5.91 Å². The molecule has 2 aromatic heterocycles. The van der Waals surface area contributed by atoms with Gasteiger partial charge in [0.25, 0.3) is 0 Å². The third-order valence-corrected chi connectivity index (χ3v) is 6.80. The smallest absolute Gasteiger partial charge is 0.244 e. The van der Waals surface area contributed by atoms with Crippen molar-refractivity contribution in [3.05, 3.63) is 102 Å². The Kier molecular flexibility index (Phi) is 7.52. The number of hydrogen-bond acceptors (Lipinski definition) is 3. The molecule has 5 rings (SSSR count). The molecule has 1 N–H and O–H groups in total. The number of amides is 1. The fourth-order valence-corrected chi connectivity index (χ4v) is 4.74. The maximum absolute atomic E-state index is 13.5. The summed E-state index contributed by atoms with van der Waals surface area (Å²) >= 11 is 0. The second-order valence-corrected chi connectivity index (χ2v) is 9.31. The molecule has 2 aromatic carbocycles. The van der Waals surface area contributed by atoms with Crippen molar-refractivity contribution in [3.63, 3.8) is 0 Å². The Labute approximate surface area is 211 Å². The summed E-state index contributed by atoms with van der Waals surface area (Å²) in [6, 6.07) is 20.5. The van der Waals surface area contributed by atoms with E-state index in [9.17, 15) is 9.18 Å². The number of fused-ring (bicyclic) bond motifs is 1. The molecule has 1 aliphatic rings. The van der Waals surface area contributed by atoms with Crippen LogP contribution in [0.25, 0.3) is 22.7 Å². The molecule has 0 bridgehead atoms. The number of benzene rings is 2. The molecule has 0 saturated carbocycles. The van der Waals surface area contributed by atoms with E-state index in [2.05, 4.69) is 62.4 Å². The van der Waals surface area contributed by atoms with E-state index in [0.29, 0.717) is 19.4 Å². The van der Waals surface area contributed by atoms with Crippen molar-refractivity contribution in [3.8, 4) is 5.69 Å². The Morgan fingerprint density at radius 1 is 1.06 bits per heavy atom. The zero-order valence-corrected chi connectivity index (χ0v) is 20.3. The maximum Gasteiger partial charge on any atom is 0.244 e. The van der Waals surface area contributed by atoms with Gasteiger partial charge in [0.15, 0.2) is 0 Å². The Hall–Kier alpha value is -3.77. The predicted molar refractivity (Wildman–Crippen MR) is 143 cm³/mol. The second-order valence-electron chi connectivity index (χ2n) is 9.31. The van der Waals surface area contributed by atoms with Crippen LogP contribution in [0, 0.1) is 0 Å². The summed E-state index contributed by atoms with van der Waals surface area (Å²) in [7, 11) is 0. The van der Waals surface area contributed by atoms with Gasteiger partial charge in [0.05, 0.1) is 5.52 Å². The summed E-state index contributed by atoms with van der Waals surface area (Å²) in [5.74, 6) is -0.139. The summed E-state index contributed by atoms with van der Waals surface area (Å²) < 4.78 is 15.7. The lowest BCUT2D eigenvalue weighted by molar-refractivity contribution is -0.116.